The van der Waals surface area contributed by atoms with Crippen molar-refractivity contribution in [2.75, 3.05) is 81.3 Å². The molecule has 2 aliphatic rings. The van der Waals surface area contributed by atoms with Gasteiger partial charge in [-0.1, -0.05) is 19.1 Å². The highest BCUT2D eigenvalue weighted by Crippen LogP contribution is 2.31. The maximum absolute atomic E-state index is 13.4. The van der Waals surface area contributed by atoms with E-state index < -0.39 is 0 Å². The average Bonchev–Trinajstić information content (AvgIpc) is 2.87. The Labute approximate surface area is 207 Å². The Hall–Kier alpha value is -2.75. The zero-order valence-electron chi connectivity index (χ0n) is 20.0. The molecule has 2 aliphatic heterocycles. The van der Waals surface area contributed by atoms with Crippen LogP contribution in [0.2, 0.25) is 0 Å². The van der Waals surface area contributed by atoms with Crippen LogP contribution in [0.5, 0.6) is 5.75 Å². The summed E-state index contributed by atoms with van der Waals surface area (Å²) in [5.74, 6) is 1.38. The second-order valence-electron chi connectivity index (χ2n) is 8.17. The first-order chi connectivity index (χ1) is 16.2. The molecule has 0 bridgehead atoms. The normalized spacial score (nSPS) is 16.5. The number of hydrazine groups is 1. The molecule has 2 N–H and O–H groups in total. The molecule has 1 aromatic carbocycles. The molecule has 2 fully saturated rings. The molecule has 2 saturated heterocycles. The molecule has 1 amide bonds. The second-order valence-corrected chi connectivity index (χ2v) is 8.17. The Morgan fingerprint density at radius 1 is 1.03 bits per heavy atom. The van der Waals surface area contributed by atoms with E-state index in [-0.39, 0.29) is 18.3 Å². The molecule has 2 aromatic rings. The van der Waals surface area contributed by atoms with Crippen LogP contribution in [-0.4, -0.2) is 82.0 Å². The number of halogens is 1. The smallest absolute Gasteiger partial charge is 0.271 e. The van der Waals surface area contributed by atoms with Gasteiger partial charge in [-0.25, -0.2) is 9.99 Å². The first-order valence-electron chi connectivity index (χ1n) is 11.7. The lowest BCUT2D eigenvalue weighted by atomic mass is 10.1. The summed E-state index contributed by atoms with van der Waals surface area (Å²) in [7, 11) is 1.70. The Morgan fingerprint density at radius 3 is 2.38 bits per heavy atom. The number of morpholine rings is 1. The van der Waals surface area contributed by atoms with Crippen molar-refractivity contribution in [1.82, 2.24) is 15.4 Å². The lowest BCUT2D eigenvalue weighted by Gasteiger charge is -2.38. The maximum Gasteiger partial charge on any atom is 0.271 e. The highest BCUT2D eigenvalue weighted by Gasteiger charge is 2.27. The van der Waals surface area contributed by atoms with Gasteiger partial charge in [0.05, 0.1) is 31.7 Å². The van der Waals surface area contributed by atoms with E-state index in [0.29, 0.717) is 37.7 Å². The second kappa shape index (κ2) is 12.6. The fraction of sp³-hybridized carbons (Fsp3) is 0.500. The molecular formula is C24H35ClN6O3. The summed E-state index contributed by atoms with van der Waals surface area (Å²) in [6, 6.07) is 10.1. The summed E-state index contributed by atoms with van der Waals surface area (Å²) in [5.41, 5.74) is 5.68. The first kappa shape index (κ1) is 25.9. The van der Waals surface area contributed by atoms with Crippen molar-refractivity contribution < 1.29 is 14.3 Å². The van der Waals surface area contributed by atoms with Crippen LogP contribution >= 0.6 is 12.4 Å². The van der Waals surface area contributed by atoms with E-state index >= 15 is 0 Å². The molecule has 186 valence electrons. The van der Waals surface area contributed by atoms with Crippen LogP contribution in [0.1, 0.15) is 23.7 Å². The van der Waals surface area contributed by atoms with E-state index in [0.717, 1.165) is 56.3 Å². The van der Waals surface area contributed by atoms with Gasteiger partial charge in [0.25, 0.3) is 5.91 Å². The van der Waals surface area contributed by atoms with Gasteiger partial charge in [0.15, 0.2) is 0 Å². The Kier molecular flexibility index (Phi) is 9.62. The van der Waals surface area contributed by atoms with Crippen LogP contribution in [0.4, 0.5) is 17.2 Å². The summed E-state index contributed by atoms with van der Waals surface area (Å²) in [6.07, 6.45) is 2.74. The molecule has 0 aliphatic carbocycles. The lowest BCUT2D eigenvalue weighted by molar-refractivity contribution is 0.0126. The Morgan fingerprint density at radius 2 is 1.71 bits per heavy atom. The molecule has 34 heavy (non-hydrogen) atoms. The molecule has 9 nitrogen and oxygen atoms in total. The summed E-state index contributed by atoms with van der Waals surface area (Å²) < 4.78 is 11.0. The quantitative estimate of drug-likeness (QED) is 0.584. The standard InChI is InChI=1S/C24H34N6O3.ClH/c1-3-9-25-23-22(24(31)27-30-15-17-33-18-16-30)20(8-10-26-23)29-13-11-28(12-14-29)19-6-4-5-7-21(19)32-2;/h4-8,10H,3,9,11-18H2,1-2H3,(H,25,26)(H,27,31);1H. The number of carbonyl (C=O) groups is 1. The van der Waals surface area contributed by atoms with E-state index in [1.807, 2.05) is 29.3 Å². The van der Waals surface area contributed by atoms with Crippen LogP contribution in [0.15, 0.2) is 36.5 Å². The van der Waals surface area contributed by atoms with Crippen molar-refractivity contribution in [3.63, 3.8) is 0 Å². The highest BCUT2D eigenvalue weighted by molar-refractivity contribution is 6.04. The van der Waals surface area contributed by atoms with Crippen molar-refractivity contribution in [2.45, 2.75) is 13.3 Å². The summed E-state index contributed by atoms with van der Waals surface area (Å²) >= 11 is 0. The summed E-state index contributed by atoms with van der Waals surface area (Å²) in [6.45, 7) is 8.72. The number of piperazine rings is 1. The number of nitrogens with one attached hydrogen (secondary N) is 2. The third kappa shape index (κ3) is 6.02. The van der Waals surface area contributed by atoms with Gasteiger partial charge in [-0.05, 0) is 24.6 Å². The summed E-state index contributed by atoms with van der Waals surface area (Å²) in [5, 5.41) is 5.26. The van der Waals surface area contributed by atoms with E-state index in [9.17, 15) is 4.79 Å². The molecule has 0 unspecified atom stereocenters. The minimum atomic E-state index is -0.134. The van der Waals surface area contributed by atoms with Crippen molar-refractivity contribution in [3.8, 4) is 5.75 Å². The number of hydrogen-bond donors (Lipinski definition) is 2. The molecule has 4 rings (SSSR count). The number of pyridine rings is 1. The van der Waals surface area contributed by atoms with Crippen molar-refractivity contribution in [2.24, 2.45) is 0 Å². The van der Waals surface area contributed by atoms with Gasteiger partial charge in [-0.15, -0.1) is 12.4 Å². The van der Waals surface area contributed by atoms with Gasteiger partial charge in [0.2, 0.25) is 0 Å². The number of ether oxygens (including phenoxy) is 2. The van der Waals surface area contributed by atoms with Crippen molar-refractivity contribution >= 4 is 35.5 Å². The number of methoxy groups -OCH3 is 1. The minimum Gasteiger partial charge on any atom is -0.495 e. The van der Waals surface area contributed by atoms with Crippen LogP contribution in [-0.2, 0) is 4.74 Å². The number of anilines is 3. The predicted molar refractivity (Wildman–Crippen MR) is 138 cm³/mol. The number of aromatic nitrogens is 1. The highest BCUT2D eigenvalue weighted by atomic mass is 35.5. The fourth-order valence-corrected chi connectivity index (χ4v) is 4.27. The van der Waals surface area contributed by atoms with E-state index in [4.69, 9.17) is 9.47 Å². The SMILES string of the molecule is CCCNc1nccc(N2CCN(c3ccccc3OC)CC2)c1C(=O)NN1CCOCC1.Cl. The summed E-state index contributed by atoms with van der Waals surface area (Å²) in [4.78, 5) is 22.5. The molecule has 3 heterocycles. The van der Waals surface area contributed by atoms with Gasteiger partial charge in [-0.2, -0.15) is 0 Å². The number of para-hydroxylation sites is 2. The van der Waals surface area contributed by atoms with E-state index in [2.05, 4.69) is 38.5 Å². The molecular weight excluding hydrogens is 456 g/mol. The van der Waals surface area contributed by atoms with Gasteiger partial charge in [-0.3, -0.25) is 10.2 Å². The number of hydrogen-bond acceptors (Lipinski definition) is 8. The topological polar surface area (TPSA) is 82.2 Å². The van der Waals surface area contributed by atoms with E-state index in [1.54, 1.807) is 13.3 Å². The molecule has 1 aromatic heterocycles. The molecule has 0 atom stereocenters. The van der Waals surface area contributed by atoms with Gasteiger partial charge < -0.3 is 24.6 Å². The minimum absolute atomic E-state index is 0. The average molecular weight is 491 g/mol. The third-order valence-corrected chi connectivity index (χ3v) is 6.02. The van der Waals surface area contributed by atoms with Gasteiger partial charge in [0, 0.05) is 52.0 Å². The number of nitrogens with zero attached hydrogens (tertiary/aromatic N) is 4. The largest absolute Gasteiger partial charge is 0.495 e. The van der Waals surface area contributed by atoms with Gasteiger partial charge >= 0.3 is 0 Å². The molecule has 10 heteroatoms. The third-order valence-electron chi connectivity index (χ3n) is 6.02. The zero-order chi connectivity index (χ0) is 23.0. The zero-order valence-corrected chi connectivity index (χ0v) is 20.8. The number of rotatable bonds is 8. The van der Waals surface area contributed by atoms with Crippen LogP contribution in [0.3, 0.4) is 0 Å². The molecule has 0 spiro atoms. The van der Waals surface area contributed by atoms with Crippen molar-refractivity contribution in [1.29, 1.82) is 0 Å². The number of amides is 1. The Bertz CT molecular complexity index is 933. The Balaban J connectivity index is 0.00000324. The van der Waals surface area contributed by atoms with Crippen molar-refractivity contribution in [3.05, 3.63) is 42.1 Å². The molecule has 0 radical (unpaired) electrons. The van der Waals surface area contributed by atoms with Crippen LogP contribution in [0.25, 0.3) is 0 Å². The van der Waals surface area contributed by atoms with Crippen LogP contribution < -0.4 is 25.3 Å². The van der Waals surface area contributed by atoms with Crippen LogP contribution in [0, 0.1) is 0 Å². The number of carbonyl (C=O) groups excluding carboxylic acids is 1. The van der Waals surface area contributed by atoms with E-state index in [1.165, 1.54) is 0 Å². The van der Waals surface area contributed by atoms with Gasteiger partial charge in [0.1, 0.15) is 17.1 Å². The molecule has 0 saturated carbocycles. The first-order valence-corrected chi connectivity index (χ1v) is 11.7. The maximum atomic E-state index is 13.4. The predicted octanol–water partition coefficient (Wildman–Crippen LogP) is 2.64. The fourth-order valence-electron chi connectivity index (χ4n) is 4.27. The monoisotopic (exact) mass is 490 g/mol. The number of benzene rings is 1. The lowest BCUT2D eigenvalue weighted by Crippen LogP contribution is -2.50.